The molecule has 120 valence electrons. The average molecular weight is 316 g/mol. The van der Waals surface area contributed by atoms with Gasteiger partial charge in [0.05, 0.1) is 0 Å². The van der Waals surface area contributed by atoms with Crippen LogP contribution in [0.1, 0.15) is 42.0 Å². The maximum absolute atomic E-state index is 12.2. The second-order valence-electron chi connectivity index (χ2n) is 5.15. The molecule has 0 aliphatic carbocycles. The summed E-state index contributed by atoms with van der Waals surface area (Å²) in [6, 6.07) is 0. The summed E-state index contributed by atoms with van der Waals surface area (Å²) in [5.74, 6) is -0.0706. The van der Waals surface area contributed by atoms with Crippen LogP contribution in [0.25, 0.3) is 0 Å². The molecule has 1 aromatic rings. The summed E-state index contributed by atoms with van der Waals surface area (Å²) >= 11 is 0. The van der Waals surface area contributed by atoms with Crippen molar-refractivity contribution in [3.05, 3.63) is 17.0 Å². The zero-order valence-corrected chi connectivity index (χ0v) is 13.7. The number of likely N-dealkylation sites (N-methyl/N-ethyl adjacent to an activating group) is 1. The fourth-order valence-electron chi connectivity index (χ4n) is 2.57. The first-order valence-electron chi connectivity index (χ1n) is 7.53. The largest absolute Gasteiger partial charge is 0.349 e. The van der Waals surface area contributed by atoms with Gasteiger partial charge in [0, 0.05) is 43.9 Å². The summed E-state index contributed by atoms with van der Waals surface area (Å²) in [6.45, 7) is 9.64. The highest BCUT2D eigenvalue weighted by molar-refractivity contribution is 5.94. The van der Waals surface area contributed by atoms with Crippen LogP contribution in [0, 0.1) is 0 Å². The van der Waals surface area contributed by atoms with Crippen LogP contribution in [0.15, 0.2) is 0 Å². The van der Waals surface area contributed by atoms with E-state index in [-0.39, 0.29) is 18.3 Å². The Morgan fingerprint density at radius 1 is 1.38 bits per heavy atom. The SMILES string of the molecule is CCCN(CC)CCNC(=O)c1n[nH]c2c1CNCC2.Cl. The monoisotopic (exact) mass is 315 g/mol. The van der Waals surface area contributed by atoms with E-state index < -0.39 is 0 Å². The van der Waals surface area contributed by atoms with Gasteiger partial charge < -0.3 is 15.5 Å². The van der Waals surface area contributed by atoms with E-state index in [4.69, 9.17) is 0 Å². The molecule has 0 fully saturated rings. The first kappa shape index (κ1) is 17.9. The highest BCUT2D eigenvalue weighted by Crippen LogP contribution is 2.14. The van der Waals surface area contributed by atoms with Crippen LogP contribution in [0.3, 0.4) is 0 Å². The van der Waals surface area contributed by atoms with Gasteiger partial charge >= 0.3 is 0 Å². The predicted molar refractivity (Wildman–Crippen MR) is 86.0 cm³/mol. The van der Waals surface area contributed by atoms with Crippen molar-refractivity contribution < 1.29 is 4.79 Å². The van der Waals surface area contributed by atoms with E-state index in [2.05, 4.69) is 39.6 Å². The van der Waals surface area contributed by atoms with Crippen LogP contribution >= 0.6 is 12.4 Å². The maximum Gasteiger partial charge on any atom is 0.272 e. The molecule has 21 heavy (non-hydrogen) atoms. The lowest BCUT2D eigenvalue weighted by atomic mass is 10.1. The van der Waals surface area contributed by atoms with Crippen molar-refractivity contribution in [2.45, 2.75) is 33.2 Å². The molecule has 0 spiro atoms. The molecule has 1 aromatic heterocycles. The van der Waals surface area contributed by atoms with Gasteiger partial charge in [-0.25, -0.2) is 0 Å². The van der Waals surface area contributed by atoms with Gasteiger partial charge in [-0.2, -0.15) is 5.10 Å². The normalized spacial score (nSPS) is 13.7. The third kappa shape index (κ3) is 4.69. The minimum atomic E-state index is -0.0706. The highest BCUT2D eigenvalue weighted by Gasteiger charge is 2.21. The topological polar surface area (TPSA) is 73.0 Å². The zero-order chi connectivity index (χ0) is 14.4. The molecule has 0 saturated carbocycles. The highest BCUT2D eigenvalue weighted by atomic mass is 35.5. The Morgan fingerprint density at radius 3 is 2.90 bits per heavy atom. The molecular formula is C14H26ClN5O. The molecule has 1 aliphatic heterocycles. The minimum absolute atomic E-state index is 0. The number of hydrogen-bond acceptors (Lipinski definition) is 4. The van der Waals surface area contributed by atoms with Gasteiger partial charge in [-0.15, -0.1) is 12.4 Å². The molecule has 0 bridgehead atoms. The number of aromatic amines is 1. The number of H-pyrrole nitrogens is 1. The lowest BCUT2D eigenvalue weighted by Crippen LogP contribution is -2.36. The number of carbonyl (C=O) groups is 1. The van der Waals surface area contributed by atoms with Crippen LogP contribution in [0.4, 0.5) is 0 Å². The van der Waals surface area contributed by atoms with Crippen LogP contribution in [-0.2, 0) is 13.0 Å². The Kier molecular flexibility index (Phi) is 7.71. The molecule has 3 N–H and O–H groups in total. The Labute approximate surface area is 132 Å². The number of rotatable bonds is 7. The van der Waals surface area contributed by atoms with Crippen LogP contribution in [-0.4, -0.2) is 53.7 Å². The number of nitrogens with zero attached hydrogens (tertiary/aromatic N) is 2. The standard InChI is InChI=1S/C14H25N5O.ClH/c1-3-8-19(4-2)9-7-16-14(20)13-11-10-15-6-5-12(11)17-18-13;/h15H,3-10H2,1-2H3,(H,16,20)(H,17,18);1H. The number of amides is 1. The zero-order valence-electron chi connectivity index (χ0n) is 12.9. The van der Waals surface area contributed by atoms with Gasteiger partial charge in [0.1, 0.15) is 0 Å². The molecule has 6 nitrogen and oxygen atoms in total. The Hall–Kier alpha value is -1.11. The molecule has 2 heterocycles. The van der Waals surface area contributed by atoms with Crippen molar-refractivity contribution in [2.24, 2.45) is 0 Å². The van der Waals surface area contributed by atoms with Crippen molar-refractivity contribution >= 4 is 18.3 Å². The number of fused-ring (bicyclic) bond motifs is 1. The molecule has 0 atom stereocenters. The summed E-state index contributed by atoms with van der Waals surface area (Å²) in [6.07, 6.45) is 2.05. The first-order chi connectivity index (χ1) is 9.76. The molecule has 0 saturated heterocycles. The van der Waals surface area contributed by atoms with Crippen molar-refractivity contribution in [3.63, 3.8) is 0 Å². The molecule has 1 amide bonds. The lowest BCUT2D eigenvalue weighted by molar-refractivity contribution is 0.0942. The Morgan fingerprint density at radius 2 is 2.19 bits per heavy atom. The Balaban J connectivity index is 0.00000220. The fourth-order valence-corrected chi connectivity index (χ4v) is 2.57. The fraction of sp³-hybridized carbons (Fsp3) is 0.714. The number of hydrogen-bond donors (Lipinski definition) is 3. The molecule has 0 radical (unpaired) electrons. The van der Waals surface area contributed by atoms with Crippen LogP contribution < -0.4 is 10.6 Å². The summed E-state index contributed by atoms with van der Waals surface area (Å²) in [4.78, 5) is 14.5. The lowest BCUT2D eigenvalue weighted by Gasteiger charge is -2.19. The van der Waals surface area contributed by atoms with E-state index >= 15 is 0 Å². The Bertz CT molecular complexity index is 449. The molecule has 2 rings (SSSR count). The van der Waals surface area contributed by atoms with Crippen molar-refractivity contribution in [2.75, 3.05) is 32.7 Å². The second-order valence-corrected chi connectivity index (χ2v) is 5.15. The predicted octanol–water partition coefficient (Wildman–Crippen LogP) is 0.939. The molecule has 7 heteroatoms. The van der Waals surface area contributed by atoms with E-state index in [0.29, 0.717) is 12.2 Å². The van der Waals surface area contributed by atoms with Crippen molar-refractivity contribution in [1.29, 1.82) is 0 Å². The smallest absolute Gasteiger partial charge is 0.272 e. The number of aromatic nitrogens is 2. The molecule has 0 unspecified atom stereocenters. The summed E-state index contributed by atoms with van der Waals surface area (Å²) in [5.41, 5.74) is 2.66. The van der Waals surface area contributed by atoms with E-state index in [0.717, 1.165) is 56.8 Å². The van der Waals surface area contributed by atoms with Gasteiger partial charge in [0.15, 0.2) is 5.69 Å². The molecule has 1 aliphatic rings. The van der Waals surface area contributed by atoms with Crippen LogP contribution in [0.5, 0.6) is 0 Å². The van der Waals surface area contributed by atoms with E-state index in [1.165, 1.54) is 0 Å². The summed E-state index contributed by atoms with van der Waals surface area (Å²) in [5, 5.41) is 13.4. The van der Waals surface area contributed by atoms with Gasteiger partial charge in [-0.3, -0.25) is 9.89 Å². The second kappa shape index (κ2) is 9.02. The molecule has 0 aromatic carbocycles. The van der Waals surface area contributed by atoms with Crippen molar-refractivity contribution in [3.8, 4) is 0 Å². The van der Waals surface area contributed by atoms with E-state index in [1.807, 2.05) is 0 Å². The van der Waals surface area contributed by atoms with Gasteiger partial charge in [0.25, 0.3) is 5.91 Å². The number of nitrogens with one attached hydrogen (secondary N) is 3. The van der Waals surface area contributed by atoms with Gasteiger partial charge in [0.2, 0.25) is 0 Å². The first-order valence-corrected chi connectivity index (χ1v) is 7.53. The summed E-state index contributed by atoms with van der Waals surface area (Å²) < 4.78 is 0. The molecular weight excluding hydrogens is 290 g/mol. The quantitative estimate of drug-likeness (QED) is 0.700. The van der Waals surface area contributed by atoms with E-state index in [1.54, 1.807) is 0 Å². The van der Waals surface area contributed by atoms with E-state index in [9.17, 15) is 4.79 Å². The minimum Gasteiger partial charge on any atom is -0.349 e. The summed E-state index contributed by atoms with van der Waals surface area (Å²) in [7, 11) is 0. The third-order valence-corrected chi connectivity index (χ3v) is 3.72. The maximum atomic E-state index is 12.2. The average Bonchev–Trinajstić information content (AvgIpc) is 2.90. The third-order valence-electron chi connectivity index (χ3n) is 3.72. The number of halogens is 1. The van der Waals surface area contributed by atoms with Gasteiger partial charge in [-0.1, -0.05) is 13.8 Å². The number of carbonyl (C=O) groups excluding carboxylic acids is 1. The van der Waals surface area contributed by atoms with Gasteiger partial charge in [-0.05, 0) is 19.5 Å². The van der Waals surface area contributed by atoms with Crippen molar-refractivity contribution in [1.82, 2.24) is 25.7 Å². The van der Waals surface area contributed by atoms with Crippen LogP contribution in [0.2, 0.25) is 0 Å².